The van der Waals surface area contributed by atoms with E-state index in [2.05, 4.69) is 5.32 Å². The minimum absolute atomic E-state index is 0.816. The van der Waals surface area contributed by atoms with Crippen molar-refractivity contribution in [2.75, 3.05) is 20.3 Å². The Labute approximate surface area is 82.0 Å². The maximum Gasteiger partial charge on any atom is 0.0462 e. The van der Waals surface area contributed by atoms with Gasteiger partial charge in [-0.2, -0.15) is 0 Å². The summed E-state index contributed by atoms with van der Waals surface area (Å²) < 4.78 is 5.01. The minimum Gasteiger partial charge on any atom is -0.385 e. The highest BCUT2D eigenvalue weighted by molar-refractivity contribution is 4.71. The molecule has 0 aliphatic heterocycles. The van der Waals surface area contributed by atoms with Gasteiger partial charge >= 0.3 is 0 Å². The molecule has 78 valence electrons. The van der Waals surface area contributed by atoms with Crippen molar-refractivity contribution >= 4 is 0 Å². The predicted octanol–water partition coefficient (Wildman–Crippen LogP) is 2.34. The van der Waals surface area contributed by atoms with Crippen molar-refractivity contribution in [2.45, 2.75) is 51.0 Å². The zero-order valence-corrected chi connectivity index (χ0v) is 8.85. The number of hydrogen-bond acceptors (Lipinski definition) is 2. The van der Waals surface area contributed by atoms with Gasteiger partial charge in [0.25, 0.3) is 0 Å². The second kappa shape index (κ2) is 7.34. The Kier molecular flexibility index (Phi) is 6.21. The van der Waals surface area contributed by atoms with Crippen LogP contribution in [0.4, 0.5) is 0 Å². The van der Waals surface area contributed by atoms with Crippen LogP contribution < -0.4 is 5.32 Å². The lowest BCUT2D eigenvalue weighted by molar-refractivity contribution is 0.192. The quantitative estimate of drug-likeness (QED) is 0.641. The summed E-state index contributed by atoms with van der Waals surface area (Å²) in [6, 6.07) is 0.816. The molecule has 0 atom stereocenters. The molecular formula is C11H23NO. The Hall–Kier alpha value is -0.0800. The van der Waals surface area contributed by atoms with Crippen LogP contribution in [0.25, 0.3) is 0 Å². The van der Waals surface area contributed by atoms with Gasteiger partial charge < -0.3 is 10.1 Å². The van der Waals surface area contributed by atoms with Crippen molar-refractivity contribution in [3.8, 4) is 0 Å². The number of methoxy groups -OCH3 is 1. The third-order valence-corrected chi connectivity index (χ3v) is 2.81. The Bertz CT molecular complexity index is 111. The van der Waals surface area contributed by atoms with E-state index < -0.39 is 0 Å². The minimum atomic E-state index is 0.816. The lowest BCUT2D eigenvalue weighted by Crippen LogP contribution is -2.31. The topological polar surface area (TPSA) is 21.3 Å². The molecule has 2 heteroatoms. The van der Waals surface area contributed by atoms with Crippen molar-refractivity contribution in [3.63, 3.8) is 0 Å². The number of rotatable bonds is 6. The second-order valence-electron chi connectivity index (χ2n) is 3.99. The summed E-state index contributed by atoms with van der Waals surface area (Å²) in [6.45, 7) is 2.08. The summed E-state index contributed by atoms with van der Waals surface area (Å²) in [5.41, 5.74) is 0. The molecule has 1 aliphatic carbocycles. The Morgan fingerprint density at radius 2 is 1.92 bits per heavy atom. The molecule has 0 aromatic heterocycles. The molecule has 0 spiro atoms. The molecular weight excluding hydrogens is 162 g/mol. The molecule has 1 fully saturated rings. The first-order valence-electron chi connectivity index (χ1n) is 5.66. The molecule has 1 rings (SSSR count). The third kappa shape index (κ3) is 5.27. The standard InChI is InChI=1S/C11H23NO/c1-13-10-6-5-9-12-11-7-3-2-4-8-11/h11-12H,2-10H2,1H3. The van der Waals surface area contributed by atoms with E-state index in [1.165, 1.54) is 51.5 Å². The maximum atomic E-state index is 5.01. The van der Waals surface area contributed by atoms with Crippen molar-refractivity contribution in [1.29, 1.82) is 0 Å². The number of unbranched alkanes of at least 4 members (excludes halogenated alkanes) is 1. The van der Waals surface area contributed by atoms with Crippen LogP contribution in [0.1, 0.15) is 44.9 Å². The van der Waals surface area contributed by atoms with Crippen molar-refractivity contribution in [3.05, 3.63) is 0 Å². The van der Waals surface area contributed by atoms with Crippen LogP contribution in [0, 0.1) is 0 Å². The molecule has 2 nitrogen and oxygen atoms in total. The lowest BCUT2D eigenvalue weighted by Gasteiger charge is -2.22. The van der Waals surface area contributed by atoms with Gasteiger partial charge in [0.1, 0.15) is 0 Å². The molecule has 13 heavy (non-hydrogen) atoms. The highest BCUT2D eigenvalue weighted by atomic mass is 16.5. The number of nitrogens with one attached hydrogen (secondary N) is 1. The van der Waals surface area contributed by atoms with Crippen LogP contribution in [0.15, 0.2) is 0 Å². The largest absolute Gasteiger partial charge is 0.385 e. The summed E-state index contributed by atoms with van der Waals surface area (Å²) in [4.78, 5) is 0. The summed E-state index contributed by atoms with van der Waals surface area (Å²) in [5, 5.41) is 3.62. The average Bonchev–Trinajstić information content (AvgIpc) is 2.19. The average molecular weight is 185 g/mol. The van der Waals surface area contributed by atoms with Gasteiger partial charge in [0, 0.05) is 19.8 Å². The summed E-state index contributed by atoms with van der Waals surface area (Å²) in [6.07, 6.45) is 9.53. The van der Waals surface area contributed by atoms with E-state index in [-0.39, 0.29) is 0 Å². The van der Waals surface area contributed by atoms with E-state index in [0.717, 1.165) is 12.6 Å². The van der Waals surface area contributed by atoms with Gasteiger partial charge in [-0.3, -0.25) is 0 Å². The molecule has 0 heterocycles. The monoisotopic (exact) mass is 185 g/mol. The zero-order valence-electron chi connectivity index (χ0n) is 8.85. The third-order valence-electron chi connectivity index (χ3n) is 2.81. The van der Waals surface area contributed by atoms with E-state index >= 15 is 0 Å². The normalized spacial score (nSPS) is 19.2. The van der Waals surface area contributed by atoms with Gasteiger partial charge in [-0.25, -0.2) is 0 Å². The van der Waals surface area contributed by atoms with Gasteiger partial charge in [0.2, 0.25) is 0 Å². The lowest BCUT2D eigenvalue weighted by atomic mass is 9.95. The predicted molar refractivity (Wildman–Crippen MR) is 56.0 cm³/mol. The fraction of sp³-hybridized carbons (Fsp3) is 1.00. The van der Waals surface area contributed by atoms with Crippen LogP contribution >= 0.6 is 0 Å². The second-order valence-corrected chi connectivity index (χ2v) is 3.99. The van der Waals surface area contributed by atoms with Crippen LogP contribution in [-0.2, 0) is 4.74 Å². The van der Waals surface area contributed by atoms with Crippen LogP contribution in [-0.4, -0.2) is 26.3 Å². The van der Waals surface area contributed by atoms with E-state index in [1.54, 1.807) is 7.11 Å². The zero-order chi connectivity index (χ0) is 9.36. The summed E-state index contributed by atoms with van der Waals surface area (Å²) >= 11 is 0. The molecule has 1 aliphatic rings. The number of ether oxygens (including phenoxy) is 1. The molecule has 0 unspecified atom stereocenters. The van der Waals surface area contributed by atoms with Crippen LogP contribution in [0.2, 0.25) is 0 Å². The maximum absolute atomic E-state index is 5.01. The van der Waals surface area contributed by atoms with E-state index in [9.17, 15) is 0 Å². The molecule has 1 N–H and O–H groups in total. The molecule has 1 saturated carbocycles. The molecule has 0 aromatic carbocycles. The van der Waals surface area contributed by atoms with Crippen molar-refractivity contribution in [2.24, 2.45) is 0 Å². The van der Waals surface area contributed by atoms with Gasteiger partial charge in [-0.1, -0.05) is 19.3 Å². The highest BCUT2D eigenvalue weighted by Gasteiger charge is 2.11. The highest BCUT2D eigenvalue weighted by Crippen LogP contribution is 2.17. The summed E-state index contributed by atoms with van der Waals surface area (Å²) in [5.74, 6) is 0. The van der Waals surface area contributed by atoms with Gasteiger partial charge in [0.15, 0.2) is 0 Å². The van der Waals surface area contributed by atoms with Gasteiger partial charge in [-0.05, 0) is 32.2 Å². The van der Waals surface area contributed by atoms with E-state index in [4.69, 9.17) is 4.74 Å². The smallest absolute Gasteiger partial charge is 0.0462 e. The Balaban J connectivity index is 1.86. The van der Waals surface area contributed by atoms with Crippen LogP contribution in [0.3, 0.4) is 0 Å². The molecule has 0 amide bonds. The van der Waals surface area contributed by atoms with Crippen LogP contribution in [0.5, 0.6) is 0 Å². The van der Waals surface area contributed by atoms with E-state index in [0.29, 0.717) is 0 Å². The van der Waals surface area contributed by atoms with Gasteiger partial charge in [-0.15, -0.1) is 0 Å². The first kappa shape index (κ1) is 11.0. The number of hydrogen-bond donors (Lipinski definition) is 1. The fourth-order valence-corrected chi connectivity index (χ4v) is 1.98. The molecule has 0 aromatic rings. The van der Waals surface area contributed by atoms with Gasteiger partial charge in [0.05, 0.1) is 0 Å². The molecule has 0 radical (unpaired) electrons. The first-order chi connectivity index (χ1) is 6.43. The Morgan fingerprint density at radius 3 is 2.62 bits per heavy atom. The Morgan fingerprint density at radius 1 is 1.15 bits per heavy atom. The molecule has 0 saturated heterocycles. The first-order valence-corrected chi connectivity index (χ1v) is 5.66. The molecule has 0 bridgehead atoms. The van der Waals surface area contributed by atoms with Crippen molar-refractivity contribution in [1.82, 2.24) is 5.32 Å². The fourth-order valence-electron chi connectivity index (χ4n) is 1.98. The summed E-state index contributed by atoms with van der Waals surface area (Å²) in [7, 11) is 1.77. The SMILES string of the molecule is COCCCCNC1CCCCC1. The van der Waals surface area contributed by atoms with E-state index in [1.807, 2.05) is 0 Å². The van der Waals surface area contributed by atoms with Crippen molar-refractivity contribution < 1.29 is 4.74 Å².